The number of hydrogen-bond donors (Lipinski definition) is 3. The van der Waals surface area contributed by atoms with E-state index in [-0.39, 0.29) is 24.9 Å². The van der Waals surface area contributed by atoms with Crippen LogP contribution in [-0.2, 0) is 22.4 Å². The van der Waals surface area contributed by atoms with Crippen molar-refractivity contribution in [2.45, 2.75) is 25.7 Å². The van der Waals surface area contributed by atoms with E-state index in [2.05, 4.69) is 16.7 Å². The summed E-state index contributed by atoms with van der Waals surface area (Å²) in [7, 11) is 1.78. The lowest BCUT2D eigenvalue weighted by atomic mass is 9.96. The maximum atomic E-state index is 12.4. The van der Waals surface area contributed by atoms with Gasteiger partial charge in [0, 0.05) is 15.6 Å². The SMILES string of the molecule is C[NH+](CC(=O)Nc1ccc(Cl)cc1)CC(=O)Nc1sc2c(c1C#N)CCCC2. The van der Waals surface area contributed by atoms with Crippen LogP contribution in [0.5, 0.6) is 0 Å². The molecule has 0 bridgehead atoms. The number of amides is 2. The topological polar surface area (TPSA) is 86.4 Å². The minimum atomic E-state index is -0.202. The number of thiophene rings is 1. The fourth-order valence-corrected chi connectivity index (χ4v) is 4.67. The van der Waals surface area contributed by atoms with Crippen molar-refractivity contribution in [1.29, 1.82) is 5.26 Å². The summed E-state index contributed by atoms with van der Waals surface area (Å²) in [6.45, 7) is 0.295. The summed E-state index contributed by atoms with van der Waals surface area (Å²) in [6.07, 6.45) is 4.09. The van der Waals surface area contributed by atoms with E-state index in [4.69, 9.17) is 11.6 Å². The Morgan fingerprint density at radius 1 is 1.14 bits per heavy atom. The van der Waals surface area contributed by atoms with E-state index in [1.807, 2.05) is 0 Å². The summed E-state index contributed by atoms with van der Waals surface area (Å²) in [5, 5.41) is 16.4. The maximum Gasteiger partial charge on any atom is 0.280 e. The van der Waals surface area contributed by atoms with E-state index in [0.717, 1.165) is 36.1 Å². The highest BCUT2D eigenvalue weighted by atomic mass is 35.5. The van der Waals surface area contributed by atoms with Crippen LogP contribution >= 0.6 is 22.9 Å². The monoisotopic (exact) mass is 417 g/mol. The van der Waals surface area contributed by atoms with Crippen LogP contribution in [-0.4, -0.2) is 32.0 Å². The number of nitrogens with one attached hydrogen (secondary N) is 3. The van der Waals surface area contributed by atoms with Gasteiger partial charge in [-0.25, -0.2) is 0 Å². The Labute approximate surface area is 173 Å². The highest BCUT2D eigenvalue weighted by Gasteiger charge is 2.23. The Kier molecular flexibility index (Phi) is 6.68. The summed E-state index contributed by atoms with van der Waals surface area (Å²) in [5.74, 6) is -0.385. The van der Waals surface area contributed by atoms with Crippen LogP contribution < -0.4 is 15.5 Å². The van der Waals surface area contributed by atoms with Crippen molar-refractivity contribution in [3.63, 3.8) is 0 Å². The predicted octanol–water partition coefficient (Wildman–Crippen LogP) is 2.24. The van der Waals surface area contributed by atoms with E-state index in [1.165, 1.54) is 16.2 Å². The van der Waals surface area contributed by atoms with Gasteiger partial charge in [-0.2, -0.15) is 5.26 Å². The molecule has 28 heavy (non-hydrogen) atoms. The first kappa shape index (κ1) is 20.3. The Bertz CT molecular complexity index is 918. The number of nitrogens with zero attached hydrogens (tertiary/aromatic N) is 1. The van der Waals surface area contributed by atoms with Crippen molar-refractivity contribution in [3.8, 4) is 6.07 Å². The molecule has 0 spiro atoms. The van der Waals surface area contributed by atoms with Crippen molar-refractivity contribution in [1.82, 2.24) is 0 Å². The van der Waals surface area contributed by atoms with Gasteiger partial charge in [-0.05, 0) is 55.5 Å². The molecule has 1 heterocycles. The number of quaternary nitrogens is 1. The van der Waals surface area contributed by atoms with E-state index >= 15 is 0 Å². The average molecular weight is 418 g/mol. The summed E-state index contributed by atoms with van der Waals surface area (Å²) in [5.41, 5.74) is 2.36. The van der Waals surface area contributed by atoms with Crippen molar-refractivity contribution in [2.75, 3.05) is 30.8 Å². The number of nitriles is 1. The van der Waals surface area contributed by atoms with Crippen LogP contribution in [0.25, 0.3) is 0 Å². The third-order valence-electron chi connectivity index (χ3n) is 4.59. The van der Waals surface area contributed by atoms with Gasteiger partial charge in [-0.1, -0.05) is 11.6 Å². The van der Waals surface area contributed by atoms with Crippen molar-refractivity contribution in [3.05, 3.63) is 45.3 Å². The molecule has 1 aromatic carbocycles. The van der Waals surface area contributed by atoms with Crippen LogP contribution in [0.1, 0.15) is 28.8 Å². The summed E-state index contributed by atoms with van der Waals surface area (Å²) in [6, 6.07) is 9.10. The van der Waals surface area contributed by atoms with E-state index in [1.54, 1.807) is 31.3 Å². The largest absolute Gasteiger partial charge is 0.322 e. The molecule has 0 radical (unpaired) electrons. The Balaban J connectivity index is 1.53. The standard InChI is InChI=1S/C20H21ClN4O2S/c1-25(11-18(26)23-14-8-6-13(21)7-9-14)12-19(27)24-20-16(10-22)15-4-2-3-5-17(15)28-20/h6-9H,2-5,11-12H2,1H3,(H,23,26)(H,24,27)/p+1. The molecule has 3 N–H and O–H groups in total. The van der Waals surface area contributed by atoms with Crippen molar-refractivity contribution < 1.29 is 14.5 Å². The van der Waals surface area contributed by atoms with E-state index < -0.39 is 0 Å². The van der Waals surface area contributed by atoms with Crippen LogP contribution in [0.3, 0.4) is 0 Å². The van der Waals surface area contributed by atoms with Gasteiger partial charge in [-0.3, -0.25) is 9.59 Å². The fourth-order valence-electron chi connectivity index (χ4n) is 3.29. The minimum Gasteiger partial charge on any atom is -0.322 e. The highest BCUT2D eigenvalue weighted by molar-refractivity contribution is 7.16. The van der Waals surface area contributed by atoms with E-state index in [0.29, 0.717) is 21.3 Å². The number of carbonyl (C=O) groups is 2. The summed E-state index contributed by atoms with van der Waals surface area (Å²) in [4.78, 5) is 26.5. The Morgan fingerprint density at radius 2 is 1.79 bits per heavy atom. The van der Waals surface area contributed by atoms with Gasteiger partial charge in [0.25, 0.3) is 11.8 Å². The van der Waals surface area contributed by atoms with Gasteiger partial charge in [-0.15, -0.1) is 11.3 Å². The second-order valence-electron chi connectivity index (χ2n) is 6.94. The molecule has 3 rings (SSSR count). The van der Waals surface area contributed by atoms with Crippen LogP contribution in [0.4, 0.5) is 10.7 Å². The lowest BCUT2D eigenvalue weighted by Crippen LogP contribution is -3.11. The Morgan fingerprint density at radius 3 is 2.46 bits per heavy atom. The molecular weight excluding hydrogens is 396 g/mol. The number of likely N-dealkylation sites (N-methyl/N-ethyl adjacent to an activating group) is 1. The third kappa shape index (κ3) is 5.10. The molecule has 8 heteroatoms. The number of aryl methyl sites for hydroxylation is 1. The van der Waals surface area contributed by atoms with Crippen LogP contribution in [0.2, 0.25) is 5.02 Å². The highest BCUT2D eigenvalue weighted by Crippen LogP contribution is 2.37. The third-order valence-corrected chi connectivity index (χ3v) is 6.05. The molecule has 0 fully saturated rings. The van der Waals surface area contributed by atoms with Crippen LogP contribution in [0, 0.1) is 11.3 Å². The number of benzene rings is 1. The van der Waals surface area contributed by atoms with Gasteiger partial charge in [0.15, 0.2) is 13.1 Å². The van der Waals surface area contributed by atoms with Crippen LogP contribution in [0.15, 0.2) is 24.3 Å². The van der Waals surface area contributed by atoms with Crippen molar-refractivity contribution in [2.24, 2.45) is 0 Å². The molecule has 0 aliphatic heterocycles. The molecule has 2 amide bonds. The number of halogens is 1. The van der Waals surface area contributed by atoms with Gasteiger partial charge < -0.3 is 15.5 Å². The summed E-state index contributed by atoms with van der Waals surface area (Å²) < 4.78 is 0. The lowest BCUT2D eigenvalue weighted by molar-refractivity contribution is -0.862. The van der Waals surface area contributed by atoms with Gasteiger partial charge in [0.05, 0.1) is 12.6 Å². The zero-order valence-corrected chi connectivity index (χ0v) is 17.2. The van der Waals surface area contributed by atoms with Gasteiger partial charge in [0.1, 0.15) is 11.1 Å². The van der Waals surface area contributed by atoms with E-state index in [9.17, 15) is 14.9 Å². The quantitative estimate of drug-likeness (QED) is 0.673. The van der Waals surface area contributed by atoms with Crippen molar-refractivity contribution >= 4 is 45.4 Å². The molecule has 0 saturated heterocycles. The smallest absolute Gasteiger partial charge is 0.280 e. The number of fused-ring (bicyclic) bond motifs is 1. The molecule has 146 valence electrons. The average Bonchev–Trinajstić information content (AvgIpc) is 3.00. The lowest BCUT2D eigenvalue weighted by Gasteiger charge is -2.13. The molecule has 1 aromatic heterocycles. The first-order chi connectivity index (χ1) is 13.5. The second-order valence-corrected chi connectivity index (χ2v) is 8.48. The molecule has 1 aliphatic rings. The molecular formula is C20H22ClN4O2S+. The van der Waals surface area contributed by atoms with Gasteiger partial charge >= 0.3 is 0 Å². The number of anilines is 2. The maximum absolute atomic E-state index is 12.4. The van der Waals surface area contributed by atoms with Gasteiger partial charge in [0.2, 0.25) is 0 Å². The predicted molar refractivity (Wildman–Crippen MR) is 111 cm³/mol. The minimum absolute atomic E-state index is 0.140. The first-order valence-electron chi connectivity index (χ1n) is 9.17. The molecule has 1 atom stereocenters. The number of carbonyl (C=O) groups excluding carboxylic acids is 2. The fraction of sp³-hybridized carbons (Fsp3) is 0.350. The molecule has 6 nitrogen and oxygen atoms in total. The number of hydrogen-bond acceptors (Lipinski definition) is 4. The zero-order valence-electron chi connectivity index (χ0n) is 15.6. The summed E-state index contributed by atoms with van der Waals surface area (Å²) >= 11 is 7.34. The molecule has 2 aromatic rings. The zero-order chi connectivity index (χ0) is 20.1. The Hall–Kier alpha value is -2.40. The molecule has 0 saturated carbocycles. The molecule has 1 unspecified atom stereocenters. The molecule has 1 aliphatic carbocycles. The normalized spacial score (nSPS) is 13.9. The first-order valence-corrected chi connectivity index (χ1v) is 10.4. The second kappa shape index (κ2) is 9.20. The number of rotatable bonds is 6.